The summed E-state index contributed by atoms with van der Waals surface area (Å²) < 4.78 is 1.19. The first kappa shape index (κ1) is 17.1. The van der Waals surface area contributed by atoms with Gasteiger partial charge in [-0.25, -0.2) is 0 Å². The molecular formula is C11H25BrClN. The molecule has 0 bridgehead atoms. The average molecular weight is 287 g/mol. The van der Waals surface area contributed by atoms with Crippen molar-refractivity contribution in [2.75, 3.05) is 32.5 Å². The van der Waals surface area contributed by atoms with Crippen LogP contribution in [-0.2, 0) is 0 Å². The second-order valence-corrected chi connectivity index (χ2v) is 5.28. The summed E-state index contributed by atoms with van der Waals surface area (Å²) in [5.41, 5.74) is 0. The molecule has 0 aromatic heterocycles. The molecule has 88 valence electrons. The van der Waals surface area contributed by atoms with E-state index < -0.39 is 0 Å². The zero-order valence-electron chi connectivity index (χ0n) is 9.86. The van der Waals surface area contributed by atoms with Crippen LogP contribution in [0.1, 0.15) is 39.0 Å². The Bertz CT molecular complexity index is 118. The molecule has 0 saturated heterocycles. The molecule has 0 saturated carbocycles. The number of alkyl halides is 1. The average Bonchev–Trinajstić information content (AvgIpc) is 2.09. The van der Waals surface area contributed by atoms with Gasteiger partial charge in [0.15, 0.2) is 0 Å². The number of rotatable bonds is 8. The Labute approximate surface area is 104 Å². The van der Waals surface area contributed by atoms with E-state index in [1.54, 1.807) is 0 Å². The number of unbranched alkanes of at least 4 members (excludes halogenated alkanes) is 3. The number of hydrogen-bond donors (Lipinski definition) is 0. The highest BCUT2D eigenvalue weighted by Gasteiger charge is 2.12. The normalized spacial score (nSPS) is 11.1. The van der Waals surface area contributed by atoms with Crippen LogP contribution >= 0.6 is 15.9 Å². The second-order valence-electron chi connectivity index (χ2n) is 4.49. The van der Waals surface area contributed by atoms with Gasteiger partial charge in [-0.3, -0.25) is 0 Å². The van der Waals surface area contributed by atoms with Crippen molar-refractivity contribution >= 4 is 15.9 Å². The van der Waals surface area contributed by atoms with Crippen molar-refractivity contribution in [2.45, 2.75) is 39.0 Å². The summed E-state index contributed by atoms with van der Waals surface area (Å²) in [6.07, 6.45) is 6.84. The second kappa shape index (κ2) is 10.3. The summed E-state index contributed by atoms with van der Waals surface area (Å²) in [5.74, 6) is 0. The van der Waals surface area contributed by atoms with E-state index in [4.69, 9.17) is 0 Å². The SMILES string of the molecule is CCCCCC[N+](C)(C)CCCBr.[Cl-]. The Morgan fingerprint density at radius 2 is 1.50 bits per heavy atom. The quantitative estimate of drug-likeness (QED) is 0.345. The first-order chi connectivity index (χ1) is 6.12. The molecule has 0 fully saturated rings. The van der Waals surface area contributed by atoms with Gasteiger partial charge in [-0.05, 0) is 12.8 Å². The summed E-state index contributed by atoms with van der Waals surface area (Å²) >= 11 is 3.49. The summed E-state index contributed by atoms with van der Waals surface area (Å²) in [7, 11) is 4.68. The third kappa shape index (κ3) is 10.8. The monoisotopic (exact) mass is 285 g/mol. The van der Waals surface area contributed by atoms with Gasteiger partial charge in [0, 0.05) is 11.8 Å². The van der Waals surface area contributed by atoms with Crippen molar-refractivity contribution in [3.63, 3.8) is 0 Å². The first-order valence-corrected chi connectivity index (χ1v) is 6.62. The third-order valence-corrected chi connectivity index (χ3v) is 3.07. The van der Waals surface area contributed by atoms with Crippen molar-refractivity contribution in [3.05, 3.63) is 0 Å². The number of nitrogens with zero attached hydrogens (tertiary/aromatic N) is 1. The molecule has 0 aromatic rings. The van der Waals surface area contributed by atoms with Gasteiger partial charge >= 0.3 is 0 Å². The minimum atomic E-state index is 0. The maximum atomic E-state index is 3.49. The predicted octanol–water partition coefficient (Wildman–Crippen LogP) is 0.432. The van der Waals surface area contributed by atoms with Crippen molar-refractivity contribution in [1.29, 1.82) is 0 Å². The van der Waals surface area contributed by atoms with Crippen LogP contribution in [0.25, 0.3) is 0 Å². The van der Waals surface area contributed by atoms with Crippen molar-refractivity contribution in [2.24, 2.45) is 0 Å². The van der Waals surface area contributed by atoms with Gasteiger partial charge in [0.25, 0.3) is 0 Å². The van der Waals surface area contributed by atoms with Crippen LogP contribution in [-0.4, -0.2) is 37.0 Å². The van der Waals surface area contributed by atoms with Gasteiger partial charge < -0.3 is 16.9 Å². The zero-order valence-corrected chi connectivity index (χ0v) is 12.2. The van der Waals surface area contributed by atoms with Crippen LogP contribution in [0, 0.1) is 0 Å². The summed E-state index contributed by atoms with van der Waals surface area (Å²) in [6, 6.07) is 0. The molecule has 0 aliphatic rings. The van der Waals surface area contributed by atoms with E-state index in [0.717, 1.165) is 5.33 Å². The van der Waals surface area contributed by atoms with Crippen LogP contribution in [0.3, 0.4) is 0 Å². The highest BCUT2D eigenvalue weighted by Crippen LogP contribution is 2.06. The molecule has 0 spiro atoms. The summed E-state index contributed by atoms with van der Waals surface area (Å²) in [5, 5.41) is 1.14. The standard InChI is InChI=1S/C11H25BrN.ClH/c1-4-5-6-7-10-13(2,3)11-8-9-12;/h4-11H2,1-3H3;1H/q+1;/p-1. The fourth-order valence-corrected chi connectivity index (χ4v) is 1.82. The van der Waals surface area contributed by atoms with E-state index >= 15 is 0 Å². The number of hydrogen-bond acceptors (Lipinski definition) is 0. The van der Waals surface area contributed by atoms with Crippen LogP contribution in [0.4, 0.5) is 0 Å². The molecule has 14 heavy (non-hydrogen) atoms. The first-order valence-electron chi connectivity index (χ1n) is 5.50. The van der Waals surface area contributed by atoms with Crippen LogP contribution < -0.4 is 12.4 Å². The molecule has 0 atom stereocenters. The van der Waals surface area contributed by atoms with Gasteiger partial charge in [0.2, 0.25) is 0 Å². The molecule has 3 heteroatoms. The van der Waals surface area contributed by atoms with Gasteiger partial charge in [0.1, 0.15) is 0 Å². The molecule has 1 nitrogen and oxygen atoms in total. The minimum Gasteiger partial charge on any atom is -1.00 e. The summed E-state index contributed by atoms with van der Waals surface area (Å²) in [4.78, 5) is 0. The van der Waals surface area contributed by atoms with Crippen LogP contribution in [0.5, 0.6) is 0 Å². The molecule has 0 aliphatic carbocycles. The predicted molar refractivity (Wildman–Crippen MR) is 64.4 cm³/mol. The van der Waals surface area contributed by atoms with E-state index in [1.165, 1.54) is 49.7 Å². The molecule has 0 aliphatic heterocycles. The minimum absolute atomic E-state index is 0. The maximum Gasteiger partial charge on any atom is 0.0790 e. The van der Waals surface area contributed by atoms with Crippen molar-refractivity contribution in [3.8, 4) is 0 Å². The molecule has 0 aromatic carbocycles. The Hall–Kier alpha value is 0.730. The van der Waals surface area contributed by atoms with E-state index in [0.29, 0.717) is 0 Å². The topological polar surface area (TPSA) is 0 Å². The number of quaternary nitrogens is 1. The van der Waals surface area contributed by atoms with Crippen LogP contribution in [0.15, 0.2) is 0 Å². The molecule has 0 amide bonds. The number of halogens is 2. The summed E-state index contributed by atoms with van der Waals surface area (Å²) in [6.45, 7) is 4.91. The maximum absolute atomic E-state index is 3.49. The van der Waals surface area contributed by atoms with E-state index in [2.05, 4.69) is 36.9 Å². The van der Waals surface area contributed by atoms with Gasteiger partial charge in [-0.15, -0.1) is 0 Å². The smallest absolute Gasteiger partial charge is 0.0790 e. The largest absolute Gasteiger partial charge is 1.00 e. The van der Waals surface area contributed by atoms with Crippen molar-refractivity contribution in [1.82, 2.24) is 0 Å². The zero-order chi connectivity index (χ0) is 10.2. The molecule has 0 rings (SSSR count). The Balaban J connectivity index is 0. The Morgan fingerprint density at radius 3 is 2.00 bits per heavy atom. The van der Waals surface area contributed by atoms with Gasteiger partial charge in [-0.1, -0.05) is 35.7 Å². The fourth-order valence-electron chi connectivity index (χ4n) is 1.57. The van der Waals surface area contributed by atoms with E-state index in [9.17, 15) is 0 Å². The lowest BCUT2D eigenvalue weighted by molar-refractivity contribution is -0.890. The Morgan fingerprint density at radius 1 is 0.929 bits per heavy atom. The lowest BCUT2D eigenvalue weighted by Crippen LogP contribution is -3.00. The van der Waals surface area contributed by atoms with E-state index in [1.807, 2.05) is 0 Å². The lowest BCUT2D eigenvalue weighted by atomic mass is 10.2. The van der Waals surface area contributed by atoms with Crippen LogP contribution in [0.2, 0.25) is 0 Å². The molecule has 0 heterocycles. The highest BCUT2D eigenvalue weighted by atomic mass is 79.9. The van der Waals surface area contributed by atoms with Crippen molar-refractivity contribution < 1.29 is 16.9 Å². The molecule has 0 N–H and O–H groups in total. The van der Waals surface area contributed by atoms with Gasteiger partial charge in [0.05, 0.1) is 27.2 Å². The fraction of sp³-hybridized carbons (Fsp3) is 1.00. The van der Waals surface area contributed by atoms with E-state index in [-0.39, 0.29) is 12.4 Å². The Kier molecular flexibility index (Phi) is 12.6. The lowest BCUT2D eigenvalue weighted by Gasteiger charge is -2.29. The molecule has 0 unspecified atom stereocenters. The molecular weight excluding hydrogens is 261 g/mol. The highest BCUT2D eigenvalue weighted by molar-refractivity contribution is 9.09. The third-order valence-electron chi connectivity index (χ3n) is 2.51. The van der Waals surface area contributed by atoms with Gasteiger partial charge in [-0.2, -0.15) is 0 Å². The molecule has 0 radical (unpaired) electrons.